The zero-order valence-electron chi connectivity index (χ0n) is 14.5. The average Bonchev–Trinajstić information content (AvgIpc) is 3.03. The number of rotatable bonds is 5. The molecule has 0 bridgehead atoms. The van der Waals surface area contributed by atoms with E-state index in [-0.39, 0.29) is 24.4 Å². The van der Waals surface area contributed by atoms with Gasteiger partial charge in [-0.15, -0.1) is 12.4 Å². The Morgan fingerprint density at radius 2 is 2.16 bits per heavy atom. The van der Waals surface area contributed by atoms with Crippen LogP contribution in [-0.2, 0) is 9.53 Å². The van der Waals surface area contributed by atoms with Gasteiger partial charge in [-0.2, -0.15) is 0 Å². The van der Waals surface area contributed by atoms with Crippen molar-refractivity contribution in [2.24, 2.45) is 5.92 Å². The fourth-order valence-corrected chi connectivity index (χ4v) is 3.10. The summed E-state index contributed by atoms with van der Waals surface area (Å²) in [6.07, 6.45) is 2.07. The van der Waals surface area contributed by atoms with Crippen LogP contribution < -0.4 is 15.4 Å². The SMILES string of the molecule is Cc1ccc(NC(=O)C2CC(O)CN2)cc1OCC1CCOCC1.Cl. The van der Waals surface area contributed by atoms with Crippen LogP contribution in [0.4, 0.5) is 5.69 Å². The maximum absolute atomic E-state index is 12.2. The topological polar surface area (TPSA) is 79.8 Å². The number of nitrogens with one attached hydrogen (secondary N) is 2. The molecular formula is C18H27ClN2O4. The second kappa shape index (κ2) is 9.38. The first kappa shape index (κ1) is 20.0. The molecule has 2 aliphatic heterocycles. The Labute approximate surface area is 154 Å². The first-order chi connectivity index (χ1) is 11.6. The summed E-state index contributed by atoms with van der Waals surface area (Å²) in [5.41, 5.74) is 1.77. The van der Waals surface area contributed by atoms with Crippen LogP contribution in [0, 0.1) is 12.8 Å². The fourth-order valence-electron chi connectivity index (χ4n) is 3.10. The number of hydrogen-bond donors (Lipinski definition) is 3. The molecule has 2 aliphatic rings. The number of halogens is 1. The van der Waals surface area contributed by atoms with E-state index in [4.69, 9.17) is 9.47 Å². The van der Waals surface area contributed by atoms with E-state index in [0.717, 1.165) is 43.1 Å². The van der Waals surface area contributed by atoms with Crippen LogP contribution in [0.5, 0.6) is 5.75 Å². The maximum Gasteiger partial charge on any atom is 0.241 e. The minimum atomic E-state index is -0.447. The fraction of sp³-hybridized carbons (Fsp3) is 0.611. The lowest BCUT2D eigenvalue weighted by Gasteiger charge is -2.22. The van der Waals surface area contributed by atoms with E-state index in [2.05, 4.69) is 10.6 Å². The van der Waals surface area contributed by atoms with Crippen LogP contribution in [0.2, 0.25) is 0 Å². The van der Waals surface area contributed by atoms with Crippen molar-refractivity contribution in [1.82, 2.24) is 5.32 Å². The van der Waals surface area contributed by atoms with Crippen molar-refractivity contribution in [2.45, 2.75) is 38.3 Å². The van der Waals surface area contributed by atoms with Gasteiger partial charge in [-0.25, -0.2) is 0 Å². The molecule has 2 unspecified atom stereocenters. The summed E-state index contributed by atoms with van der Waals surface area (Å²) in [6.45, 7) is 4.76. The van der Waals surface area contributed by atoms with Gasteiger partial charge in [-0.3, -0.25) is 4.79 Å². The van der Waals surface area contributed by atoms with Gasteiger partial charge in [-0.05, 0) is 43.7 Å². The van der Waals surface area contributed by atoms with Crippen LogP contribution in [0.3, 0.4) is 0 Å². The van der Waals surface area contributed by atoms with Gasteiger partial charge in [0.2, 0.25) is 5.91 Å². The van der Waals surface area contributed by atoms with Crippen molar-refractivity contribution in [3.05, 3.63) is 23.8 Å². The predicted octanol–water partition coefficient (Wildman–Crippen LogP) is 1.88. The van der Waals surface area contributed by atoms with Crippen molar-refractivity contribution in [3.8, 4) is 5.75 Å². The van der Waals surface area contributed by atoms with Crippen molar-refractivity contribution >= 4 is 24.0 Å². The predicted molar refractivity (Wildman–Crippen MR) is 98.5 cm³/mol. The summed E-state index contributed by atoms with van der Waals surface area (Å²) in [5, 5.41) is 15.4. The molecule has 140 valence electrons. The number of β-amino-alcohol motifs (C(OH)–C–C–N with tert-alkyl or cyclic N) is 1. The number of hydrogen-bond acceptors (Lipinski definition) is 5. The number of aryl methyl sites for hydroxylation is 1. The molecule has 25 heavy (non-hydrogen) atoms. The number of amides is 1. The van der Waals surface area contributed by atoms with E-state index in [0.29, 0.717) is 25.5 Å². The zero-order chi connectivity index (χ0) is 16.9. The molecule has 3 N–H and O–H groups in total. The lowest BCUT2D eigenvalue weighted by atomic mass is 10.0. The van der Waals surface area contributed by atoms with E-state index in [1.807, 2.05) is 25.1 Å². The standard InChI is InChI=1S/C18H26N2O4.ClH/c1-12-2-3-14(20-18(22)16-9-15(21)10-19-16)8-17(12)24-11-13-4-6-23-7-5-13;/h2-3,8,13,15-16,19,21H,4-7,9-11H2,1H3,(H,20,22);1H. The van der Waals surface area contributed by atoms with Gasteiger partial charge in [0.05, 0.1) is 18.8 Å². The minimum absolute atomic E-state index is 0. The number of carbonyl (C=O) groups is 1. The largest absolute Gasteiger partial charge is 0.493 e. The van der Waals surface area contributed by atoms with Crippen LogP contribution >= 0.6 is 12.4 Å². The molecule has 2 saturated heterocycles. The van der Waals surface area contributed by atoms with Gasteiger partial charge < -0.3 is 25.2 Å². The van der Waals surface area contributed by atoms with Gasteiger partial charge in [-0.1, -0.05) is 6.07 Å². The minimum Gasteiger partial charge on any atom is -0.493 e. The van der Waals surface area contributed by atoms with Crippen molar-refractivity contribution < 1.29 is 19.4 Å². The molecule has 0 aliphatic carbocycles. The summed E-state index contributed by atoms with van der Waals surface area (Å²) >= 11 is 0. The molecule has 6 nitrogen and oxygen atoms in total. The Morgan fingerprint density at radius 3 is 2.84 bits per heavy atom. The molecule has 1 aromatic rings. The lowest BCUT2D eigenvalue weighted by Crippen LogP contribution is -2.35. The Morgan fingerprint density at radius 1 is 1.40 bits per heavy atom. The summed E-state index contributed by atoms with van der Waals surface area (Å²) < 4.78 is 11.3. The third kappa shape index (κ3) is 5.57. The first-order valence-electron chi connectivity index (χ1n) is 8.65. The molecular weight excluding hydrogens is 344 g/mol. The van der Waals surface area contributed by atoms with Gasteiger partial charge in [0.25, 0.3) is 0 Å². The Balaban J connectivity index is 0.00000225. The second-order valence-electron chi connectivity index (χ2n) is 6.69. The maximum atomic E-state index is 12.2. The molecule has 0 spiro atoms. The molecule has 3 rings (SSSR count). The Kier molecular flexibility index (Phi) is 7.50. The summed E-state index contributed by atoms with van der Waals surface area (Å²) in [4.78, 5) is 12.2. The van der Waals surface area contributed by atoms with Crippen LogP contribution in [-0.4, -0.2) is 49.5 Å². The summed E-state index contributed by atoms with van der Waals surface area (Å²) in [6, 6.07) is 5.36. The third-order valence-corrected chi connectivity index (χ3v) is 4.70. The molecule has 1 aromatic carbocycles. The monoisotopic (exact) mass is 370 g/mol. The molecule has 2 heterocycles. The molecule has 0 aromatic heterocycles. The van der Waals surface area contributed by atoms with Crippen LogP contribution in [0.25, 0.3) is 0 Å². The van der Waals surface area contributed by atoms with E-state index in [1.165, 1.54) is 0 Å². The van der Waals surface area contributed by atoms with Crippen molar-refractivity contribution in [2.75, 3.05) is 31.7 Å². The van der Waals surface area contributed by atoms with E-state index >= 15 is 0 Å². The van der Waals surface area contributed by atoms with Crippen LogP contribution in [0.1, 0.15) is 24.8 Å². The molecule has 0 radical (unpaired) electrons. The van der Waals surface area contributed by atoms with Crippen molar-refractivity contribution in [1.29, 1.82) is 0 Å². The number of aliphatic hydroxyl groups excluding tert-OH is 1. The molecule has 0 saturated carbocycles. The number of anilines is 1. The normalized spacial score (nSPS) is 23.8. The number of benzene rings is 1. The number of carbonyl (C=O) groups excluding carboxylic acids is 1. The first-order valence-corrected chi connectivity index (χ1v) is 8.65. The highest BCUT2D eigenvalue weighted by molar-refractivity contribution is 5.95. The highest BCUT2D eigenvalue weighted by Gasteiger charge is 2.28. The third-order valence-electron chi connectivity index (χ3n) is 4.70. The van der Waals surface area contributed by atoms with Gasteiger partial charge in [0, 0.05) is 31.5 Å². The number of ether oxygens (including phenoxy) is 2. The highest BCUT2D eigenvalue weighted by Crippen LogP contribution is 2.25. The van der Waals surface area contributed by atoms with Crippen molar-refractivity contribution in [3.63, 3.8) is 0 Å². The summed E-state index contributed by atoms with van der Waals surface area (Å²) in [7, 11) is 0. The molecule has 2 fully saturated rings. The van der Waals surface area contributed by atoms with E-state index < -0.39 is 6.10 Å². The smallest absolute Gasteiger partial charge is 0.241 e. The van der Waals surface area contributed by atoms with Crippen LogP contribution in [0.15, 0.2) is 18.2 Å². The highest BCUT2D eigenvalue weighted by atomic mass is 35.5. The van der Waals surface area contributed by atoms with E-state index in [1.54, 1.807) is 0 Å². The van der Waals surface area contributed by atoms with Gasteiger partial charge >= 0.3 is 0 Å². The number of aliphatic hydroxyl groups is 1. The summed E-state index contributed by atoms with van der Waals surface area (Å²) in [5.74, 6) is 1.21. The Hall–Kier alpha value is -1.34. The zero-order valence-corrected chi connectivity index (χ0v) is 15.3. The average molecular weight is 371 g/mol. The molecule has 2 atom stereocenters. The van der Waals surface area contributed by atoms with E-state index in [9.17, 15) is 9.90 Å². The van der Waals surface area contributed by atoms with Gasteiger partial charge in [0.1, 0.15) is 5.75 Å². The second-order valence-corrected chi connectivity index (χ2v) is 6.69. The Bertz CT molecular complexity index is 578. The molecule has 1 amide bonds. The quantitative estimate of drug-likeness (QED) is 0.737. The molecule has 7 heteroatoms. The van der Waals surface area contributed by atoms with Gasteiger partial charge in [0.15, 0.2) is 0 Å². The lowest BCUT2D eigenvalue weighted by molar-refractivity contribution is -0.117.